The number of hydrogen-bond acceptors (Lipinski definition) is 3. The second-order valence-electron chi connectivity index (χ2n) is 6.56. The van der Waals surface area contributed by atoms with Gasteiger partial charge in [-0.1, -0.05) is 32.0 Å². The molecule has 1 fully saturated rings. The van der Waals surface area contributed by atoms with Crippen LogP contribution < -0.4 is 10.1 Å². The minimum absolute atomic E-state index is 0.0215. The van der Waals surface area contributed by atoms with Crippen LogP contribution in [-0.2, 0) is 16.0 Å². The smallest absolute Gasteiger partial charge is 0.308 e. The van der Waals surface area contributed by atoms with Gasteiger partial charge in [-0.2, -0.15) is 0 Å². The molecule has 0 bridgehead atoms. The van der Waals surface area contributed by atoms with E-state index in [1.54, 1.807) is 7.11 Å². The first-order valence-electron chi connectivity index (χ1n) is 8.03. The Hall–Kier alpha value is -2.04. The highest BCUT2D eigenvalue weighted by molar-refractivity contribution is 5.83. The summed E-state index contributed by atoms with van der Waals surface area (Å²) in [6.45, 7) is 4.32. The molecule has 0 aliphatic heterocycles. The van der Waals surface area contributed by atoms with Crippen LogP contribution in [0.15, 0.2) is 24.3 Å². The van der Waals surface area contributed by atoms with Crippen LogP contribution in [0.5, 0.6) is 5.75 Å². The molecule has 1 aromatic carbocycles. The van der Waals surface area contributed by atoms with Crippen molar-refractivity contribution in [2.45, 2.75) is 33.1 Å². The van der Waals surface area contributed by atoms with Crippen molar-refractivity contribution >= 4 is 11.9 Å². The SMILES string of the molecule is CCC1(C)CC1C(=O)NCC(Cc1ccccc1OC)C(=O)O. The monoisotopic (exact) mass is 319 g/mol. The summed E-state index contributed by atoms with van der Waals surface area (Å²) in [6, 6.07) is 7.36. The van der Waals surface area contributed by atoms with Gasteiger partial charge in [0.25, 0.3) is 0 Å². The maximum Gasteiger partial charge on any atom is 0.308 e. The van der Waals surface area contributed by atoms with Gasteiger partial charge in [0.05, 0.1) is 13.0 Å². The van der Waals surface area contributed by atoms with Gasteiger partial charge >= 0.3 is 5.97 Å². The van der Waals surface area contributed by atoms with Crippen LogP contribution in [0.25, 0.3) is 0 Å². The van der Waals surface area contributed by atoms with Gasteiger partial charge in [0, 0.05) is 12.5 Å². The number of methoxy groups -OCH3 is 1. The van der Waals surface area contributed by atoms with Gasteiger partial charge in [-0.05, 0) is 36.3 Å². The molecule has 2 rings (SSSR count). The van der Waals surface area contributed by atoms with Gasteiger partial charge in [0.15, 0.2) is 0 Å². The van der Waals surface area contributed by atoms with Crippen molar-refractivity contribution in [3.63, 3.8) is 0 Å². The summed E-state index contributed by atoms with van der Waals surface area (Å²) >= 11 is 0. The number of benzene rings is 1. The van der Waals surface area contributed by atoms with E-state index >= 15 is 0 Å². The lowest BCUT2D eigenvalue weighted by atomic mass is 9.98. The average Bonchev–Trinajstić information content (AvgIpc) is 3.24. The molecule has 0 saturated heterocycles. The fourth-order valence-corrected chi connectivity index (χ4v) is 2.94. The normalized spacial score (nSPS) is 23.9. The molecular weight excluding hydrogens is 294 g/mol. The quantitative estimate of drug-likeness (QED) is 0.772. The Morgan fingerprint density at radius 2 is 2.13 bits per heavy atom. The number of carbonyl (C=O) groups excluding carboxylic acids is 1. The van der Waals surface area contributed by atoms with E-state index in [0.29, 0.717) is 12.2 Å². The molecule has 0 aromatic heterocycles. The number of ether oxygens (including phenoxy) is 1. The fourth-order valence-electron chi connectivity index (χ4n) is 2.94. The minimum atomic E-state index is -0.912. The number of carbonyl (C=O) groups is 2. The Morgan fingerprint density at radius 1 is 1.43 bits per heavy atom. The summed E-state index contributed by atoms with van der Waals surface area (Å²) in [5, 5.41) is 12.2. The largest absolute Gasteiger partial charge is 0.496 e. The Kier molecular flexibility index (Phi) is 5.29. The Bertz CT molecular complexity index is 586. The number of rotatable bonds is 8. The van der Waals surface area contributed by atoms with Gasteiger partial charge in [-0.15, -0.1) is 0 Å². The molecule has 0 radical (unpaired) electrons. The topological polar surface area (TPSA) is 75.6 Å². The Labute approximate surface area is 137 Å². The van der Waals surface area contributed by atoms with E-state index in [2.05, 4.69) is 19.2 Å². The summed E-state index contributed by atoms with van der Waals surface area (Å²) < 4.78 is 5.26. The average molecular weight is 319 g/mol. The highest BCUT2D eigenvalue weighted by Crippen LogP contribution is 2.54. The second-order valence-corrected chi connectivity index (χ2v) is 6.56. The molecule has 126 valence electrons. The molecule has 5 nitrogen and oxygen atoms in total. The van der Waals surface area contributed by atoms with Crippen LogP contribution >= 0.6 is 0 Å². The highest BCUT2D eigenvalue weighted by Gasteiger charge is 2.52. The van der Waals surface area contributed by atoms with Crippen molar-refractivity contribution < 1.29 is 19.4 Å². The molecule has 3 unspecified atom stereocenters. The number of hydrogen-bond donors (Lipinski definition) is 2. The zero-order chi connectivity index (χ0) is 17.0. The van der Waals surface area contributed by atoms with Crippen molar-refractivity contribution in [1.82, 2.24) is 5.32 Å². The molecule has 1 aromatic rings. The van der Waals surface area contributed by atoms with Gasteiger partial charge in [-0.25, -0.2) is 0 Å². The molecule has 1 aliphatic rings. The summed E-state index contributed by atoms with van der Waals surface area (Å²) in [6.07, 6.45) is 2.18. The number of nitrogens with one attached hydrogen (secondary N) is 1. The lowest BCUT2D eigenvalue weighted by Crippen LogP contribution is -2.35. The highest BCUT2D eigenvalue weighted by atomic mass is 16.5. The summed E-state index contributed by atoms with van der Waals surface area (Å²) in [4.78, 5) is 23.6. The maximum atomic E-state index is 12.2. The van der Waals surface area contributed by atoms with Gasteiger partial charge in [-0.3, -0.25) is 9.59 Å². The lowest BCUT2D eigenvalue weighted by molar-refractivity contribution is -0.141. The zero-order valence-corrected chi connectivity index (χ0v) is 14.0. The third-order valence-electron chi connectivity index (χ3n) is 5.01. The number of carboxylic acids is 1. The zero-order valence-electron chi connectivity index (χ0n) is 14.0. The summed E-state index contributed by atoms with van der Waals surface area (Å²) in [5.41, 5.74) is 0.923. The van der Waals surface area contributed by atoms with E-state index in [1.165, 1.54) is 0 Å². The number of para-hydroxylation sites is 1. The van der Waals surface area contributed by atoms with E-state index in [4.69, 9.17) is 4.74 Å². The Morgan fingerprint density at radius 3 is 2.70 bits per heavy atom. The van der Waals surface area contributed by atoms with Gasteiger partial charge in [0.1, 0.15) is 5.75 Å². The number of amides is 1. The first-order chi connectivity index (χ1) is 10.9. The molecule has 0 spiro atoms. The van der Waals surface area contributed by atoms with E-state index in [1.807, 2.05) is 24.3 Å². The molecule has 1 aliphatic carbocycles. The van der Waals surface area contributed by atoms with Gasteiger partial charge in [0.2, 0.25) is 5.91 Å². The van der Waals surface area contributed by atoms with E-state index in [9.17, 15) is 14.7 Å². The summed E-state index contributed by atoms with van der Waals surface area (Å²) in [5.74, 6) is -0.910. The lowest BCUT2D eigenvalue weighted by Gasteiger charge is -2.16. The molecule has 0 heterocycles. The Balaban J connectivity index is 1.95. The first-order valence-corrected chi connectivity index (χ1v) is 8.03. The predicted octanol–water partition coefficient (Wildman–Crippen LogP) is 2.49. The van der Waals surface area contributed by atoms with Gasteiger partial charge < -0.3 is 15.2 Å². The van der Waals surface area contributed by atoms with Crippen molar-refractivity contribution in [3.05, 3.63) is 29.8 Å². The third-order valence-corrected chi connectivity index (χ3v) is 5.01. The van der Waals surface area contributed by atoms with Crippen LogP contribution in [0, 0.1) is 17.3 Å². The number of aliphatic carboxylic acids is 1. The predicted molar refractivity (Wildman–Crippen MR) is 87.3 cm³/mol. The van der Waals surface area contributed by atoms with Crippen LogP contribution in [-0.4, -0.2) is 30.6 Å². The van der Waals surface area contributed by atoms with Crippen LogP contribution in [0.3, 0.4) is 0 Å². The second kappa shape index (κ2) is 7.02. The van der Waals surface area contributed by atoms with E-state index < -0.39 is 11.9 Å². The minimum Gasteiger partial charge on any atom is -0.496 e. The maximum absolute atomic E-state index is 12.2. The molecule has 3 atom stereocenters. The van der Waals surface area contributed by atoms with Crippen molar-refractivity contribution in [2.24, 2.45) is 17.3 Å². The standard InChI is InChI=1S/C18H25NO4/c1-4-18(2)10-14(18)16(20)19-11-13(17(21)22)9-12-7-5-6-8-15(12)23-3/h5-8,13-14H,4,9-11H2,1-3H3,(H,19,20)(H,21,22). The van der Waals surface area contributed by atoms with Crippen LogP contribution in [0.1, 0.15) is 32.3 Å². The van der Waals surface area contributed by atoms with Crippen LogP contribution in [0.2, 0.25) is 0 Å². The molecule has 1 saturated carbocycles. The van der Waals surface area contributed by atoms with Crippen molar-refractivity contribution in [1.29, 1.82) is 0 Å². The van der Waals surface area contributed by atoms with Crippen molar-refractivity contribution in [3.8, 4) is 5.75 Å². The molecular formula is C18H25NO4. The van der Waals surface area contributed by atoms with E-state index in [-0.39, 0.29) is 23.8 Å². The molecule has 5 heteroatoms. The first kappa shape index (κ1) is 17.3. The van der Waals surface area contributed by atoms with E-state index in [0.717, 1.165) is 18.4 Å². The number of carboxylic acid groups (broad SMARTS) is 1. The van der Waals surface area contributed by atoms with Crippen molar-refractivity contribution in [2.75, 3.05) is 13.7 Å². The summed E-state index contributed by atoms with van der Waals surface area (Å²) in [7, 11) is 1.56. The molecule has 2 N–H and O–H groups in total. The molecule has 1 amide bonds. The fraction of sp³-hybridized carbons (Fsp3) is 0.556. The van der Waals surface area contributed by atoms with Crippen LogP contribution in [0.4, 0.5) is 0 Å². The molecule has 23 heavy (non-hydrogen) atoms. The third kappa shape index (κ3) is 4.03.